The summed E-state index contributed by atoms with van der Waals surface area (Å²) >= 11 is 0. The number of unbranched alkanes of at least 4 members (excludes halogenated alkanes) is 3. The average Bonchev–Trinajstić information content (AvgIpc) is 2.74. The van der Waals surface area contributed by atoms with Crippen molar-refractivity contribution in [2.45, 2.75) is 69.9 Å². The van der Waals surface area contributed by atoms with Crippen molar-refractivity contribution in [3.63, 3.8) is 0 Å². The molecule has 168 valence electrons. The molecule has 2 N–H and O–H groups in total. The number of fused-ring (bicyclic) bond motifs is 1. The van der Waals surface area contributed by atoms with Gasteiger partial charge in [0, 0.05) is 12.2 Å². The van der Waals surface area contributed by atoms with Crippen LogP contribution in [0.25, 0.3) is 0 Å². The second kappa shape index (κ2) is 10.6. The van der Waals surface area contributed by atoms with Crippen molar-refractivity contribution in [1.82, 2.24) is 4.98 Å². The van der Waals surface area contributed by atoms with Gasteiger partial charge in [-0.2, -0.15) is 13.2 Å². The van der Waals surface area contributed by atoms with Crippen molar-refractivity contribution in [3.05, 3.63) is 58.8 Å². The van der Waals surface area contributed by atoms with Crippen LogP contribution in [0.1, 0.15) is 73.2 Å². The molecule has 1 aromatic heterocycles. The molecule has 0 spiro atoms. The summed E-state index contributed by atoms with van der Waals surface area (Å²) in [4.78, 5) is 15.9. The minimum atomic E-state index is -4.43. The number of pyridine rings is 1. The molecule has 3 rings (SSSR count). The number of halogens is 3. The van der Waals surface area contributed by atoms with Crippen LogP contribution in [0.4, 0.5) is 19.0 Å². The quantitative estimate of drug-likeness (QED) is 0.437. The van der Waals surface area contributed by atoms with Gasteiger partial charge in [0.15, 0.2) is 0 Å². The topological polar surface area (TPSA) is 62.2 Å². The van der Waals surface area contributed by atoms with Gasteiger partial charge in [0.05, 0.1) is 12.0 Å². The van der Waals surface area contributed by atoms with Gasteiger partial charge >= 0.3 is 12.1 Å². The van der Waals surface area contributed by atoms with Crippen LogP contribution in [0, 0.1) is 0 Å². The van der Waals surface area contributed by atoms with Crippen LogP contribution in [0.2, 0.25) is 0 Å². The molecular weight excluding hydrogens is 405 g/mol. The van der Waals surface area contributed by atoms with Crippen molar-refractivity contribution in [1.29, 1.82) is 0 Å². The highest BCUT2D eigenvalue weighted by Crippen LogP contribution is 2.33. The Hall–Kier alpha value is -2.57. The van der Waals surface area contributed by atoms with Gasteiger partial charge in [-0.05, 0) is 61.3 Å². The van der Waals surface area contributed by atoms with Crippen molar-refractivity contribution in [2.75, 3.05) is 11.9 Å². The Morgan fingerprint density at radius 1 is 1.13 bits per heavy atom. The maximum Gasteiger partial charge on any atom is 0.416 e. The van der Waals surface area contributed by atoms with Crippen molar-refractivity contribution in [3.8, 4) is 0 Å². The fraction of sp³-hybridized carbons (Fsp3) is 0.500. The molecule has 2 heterocycles. The summed E-state index contributed by atoms with van der Waals surface area (Å²) in [5, 5.41) is 12.5. The van der Waals surface area contributed by atoms with Gasteiger partial charge in [-0.3, -0.25) is 4.79 Å². The SMILES string of the molecule is O=C(O)CC(CCCCCCc1ccc2c(n1)NCCC2)c1cccc(C(F)(F)F)c1. The summed E-state index contributed by atoms with van der Waals surface area (Å²) in [5.74, 6) is -0.399. The first-order valence-electron chi connectivity index (χ1n) is 10.9. The first kappa shape index (κ1) is 23.1. The summed E-state index contributed by atoms with van der Waals surface area (Å²) in [6, 6.07) is 9.29. The number of rotatable bonds is 10. The highest BCUT2D eigenvalue weighted by atomic mass is 19.4. The Morgan fingerprint density at radius 2 is 1.94 bits per heavy atom. The van der Waals surface area contributed by atoms with Gasteiger partial charge in [0.25, 0.3) is 0 Å². The molecule has 1 atom stereocenters. The zero-order valence-electron chi connectivity index (χ0n) is 17.5. The van der Waals surface area contributed by atoms with Crippen LogP contribution in [-0.4, -0.2) is 22.6 Å². The molecule has 7 heteroatoms. The zero-order chi connectivity index (χ0) is 22.3. The minimum absolute atomic E-state index is 0.159. The molecular formula is C24H29F3N2O2. The lowest BCUT2D eigenvalue weighted by Gasteiger charge is -2.18. The fourth-order valence-corrected chi connectivity index (χ4v) is 4.12. The number of aromatic nitrogens is 1. The predicted octanol–water partition coefficient (Wildman–Crippen LogP) is 6.21. The number of carboxylic acids is 1. The smallest absolute Gasteiger partial charge is 0.416 e. The number of hydrogen-bond donors (Lipinski definition) is 2. The zero-order valence-corrected chi connectivity index (χ0v) is 17.5. The molecule has 1 aromatic carbocycles. The molecule has 0 amide bonds. The van der Waals surface area contributed by atoms with E-state index in [1.165, 1.54) is 11.6 Å². The minimum Gasteiger partial charge on any atom is -0.481 e. The molecule has 4 nitrogen and oxygen atoms in total. The van der Waals surface area contributed by atoms with E-state index in [-0.39, 0.29) is 6.42 Å². The molecule has 1 aliphatic heterocycles. The van der Waals surface area contributed by atoms with E-state index in [4.69, 9.17) is 4.98 Å². The molecule has 0 radical (unpaired) electrons. The second-order valence-corrected chi connectivity index (χ2v) is 8.21. The number of nitrogens with one attached hydrogen (secondary N) is 1. The monoisotopic (exact) mass is 434 g/mol. The van der Waals surface area contributed by atoms with Crippen LogP contribution in [-0.2, 0) is 23.8 Å². The summed E-state index contributed by atoms with van der Waals surface area (Å²) in [5.41, 5.74) is 2.06. The van der Waals surface area contributed by atoms with Gasteiger partial charge in [-0.15, -0.1) is 0 Å². The van der Waals surface area contributed by atoms with E-state index in [9.17, 15) is 23.1 Å². The Bertz CT molecular complexity index is 883. The third-order valence-electron chi connectivity index (χ3n) is 5.79. The Morgan fingerprint density at radius 3 is 2.71 bits per heavy atom. The van der Waals surface area contributed by atoms with Crippen LogP contribution in [0.3, 0.4) is 0 Å². The molecule has 0 saturated carbocycles. The Labute approximate surface area is 180 Å². The molecule has 1 aliphatic rings. The predicted molar refractivity (Wildman–Crippen MR) is 114 cm³/mol. The van der Waals surface area contributed by atoms with Gasteiger partial charge in [-0.25, -0.2) is 4.98 Å². The maximum atomic E-state index is 13.0. The Kier molecular flexibility index (Phi) is 7.93. The van der Waals surface area contributed by atoms with Crippen molar-refractivity contribution >= 4 is 11.8 Å². The molecule has 1 unspecified atom stereocenters. The molecule has 31 heavy (non-hydrogen) atoms. The van der Waals surface area contributed by atoms with E-state index in [0.29, 0.717) is 12.0 Å². The van der Waals surface area contributed by atoms with E-state index in [1.807, 2.05) is 0 Å². The largest absolute Gasteiger partial charge is 0.481 e. The number of aryl methyl sites for hydroxylation is 2. The first-order chi connectivity index (χ1) is 14.8. The number of aliphatic carboxylic acids is 1. The van der Waals surface area contributed by atoms with E-state index < -0.39 is 23.6 Å². The number of carboxylic acid groups (broad SMARTS) is 1. The van der Waals surface area contributed by atoms with Gasteiger partial charge in [-0.1, -0.05) is 43.5 Å². The van der Waals surface area contributed by atoms with E-state index in [0.717, 1.165) is 75.1 Å². The fourth-order valence-electron chi connectivity index (χ4n) is 4.12. The van der Waals surface area contributed by atoms with Gasteiger partial charge < -0.3 is 10.4 Å². The highest BCUT2D eigenvalue weighted by molar-refractivity contribution is 5.68. The van der Waals surface area contributed by atoms with Gasteiger partial charge in [0.2, 0.25) is 0 Å². The summed E-state index contributed by atoms with van der Waals surface area (Å²) in [6.07, 6.45) is 2.74. The second-order valence-electron chi connectivity index (χ2n) is 8.21. The van der Waals surface area contributed by atoms with Crippen LogP contribution < -0.4 is 5.32 Å². The standard InChI is InChI=1S/C24H29F3N2O2/c25-24(26,27)20-10-5-8-18(15-20)19(16-22(30)31)7-3-1-2-4-11-21-13-12-17-9-6-14-28-23(17)29-21/h5,8,10,12-13,15,19H,1-4,6-7,9,11,14,16H2,(H,28,29)(H,30,31). The lowest BCUT2D eigenvalue weighted by molar-refractivity contribution is -0.138. The number of anilines is 1. The number of alkyl halides is 3. The molecule has 2 aromatic rings. The Balaban J connectivity index is 1.46. The number of carbonyl (C=O) groups is 1. The number of hydrogen-bond acceptors (Lipinski definition) is 3. The van der Waals surface area contributed by atoms with E-state index in [1.54, 1.807) is 6.07 Å². The summed E-state index contributed by atoms with van der Waals surface area (Å²) < 4.78 is 39.0. The normalized spacial score (nSPS) is 14.5. The third kappa shape index (κ3) is 6.97. The molecule has 0 bridgehead atoms. The molecule has 0 saturated heterocycles. The summed E-state index contributed by atoms with van der Waals surface area (Å²) in [6.45, 7) is 0.965. The maximum absolute atomic E-state index is 13.0. The van der Waals surface area contributed by atoms with Gasteiger partial charge in [0.1, 0.15) is 5.82 Å². The number of nitrogens with zero attached hydrogens (tertiary/aromatic N) is 1. The highest BCUT2D eigenvalue weighted by Gasteiger charge is 2.31. The van der Waals surface area contributed by atoms with Crippen LogP contribution >= 0.6 is 0 Å². The van der Waals surface area contributed by atoms with E-state index in [2.05, 4.69) is 17.4 Å². The lowest BCUT2D eigenvalue weighted by atomic mass is 9.89. The van der Waals surface area contributed by atoms with E-state index >= 15 is 0 Å². The average molecular weight is 435 g/mol. The summed E-state index contributed by atoms with van der Waals surface area (Å²) in [7, 11) is 0. The molecule has 0 fully saturated rings. The lowest BCUT2D eigenvalue weighted by Crippen LogP contribution is -2.13. The molecule has 0 aliphatic carbocycles. The van der Waals surface area contributed by atoms with Crippen LogP contribution in [0.15, 0.2) is 36.4 Å². The number of benzene rings is 1. The first-order valence-corrected chi connectivity index (χ1v) is 10.9. The third-order valence-corrected chi connectivity index (χ3v) is 5.79. The van der Waals surface area contributed by atoms with Crippen LogP contribution in [0.5, 0.6) is 0 Å². The van der Waals surface area contributed by atoms with Crippen molar-refractivity contribution < 1.29 is 23.1 Å². The van der Waals surface area contributed by atoms with Crippen molar-refractivity contribution in [2.24, 2.45) is 0 Å².